The van der Waals surface area contributed by atoms with Crippen molar-refractivity contribution in [2.45, 2.75) is 18.6 Å². The molecule has 2 heterocycles. The Morgan fingerprint density at radius 2 is 1.51 bits per heavy atom. The average Bonchev–Trinajstić information content (AvgIpc) is 3.41. The van der Waals surface area contributed by atoms with Crippen LogP contribution in [0.3, 0.4) is 0 Å². The normalized spacial score (nSPS) is 24.4. The lowest BCUT2D eigenvalue weighted by Crippen LogP contribution is -2.51. The van der Waals surface area contributed by atoms with Crippen LogP contribution < -0.4 is 4.90 Å². The van der Waals surface area contributed by atoms with Crippen molar-refractivity contribution in [3.63, 3.8) is 0 Å². The van der Waals surface area contributed by atoms with Crippen LogP contribution in [0.15, 0.2) is 66.7 Å². The van der Waals surface area contributed by atoms with Gasteiger partial charge in [0.2, 0.25) is 29.0 Å². The van der Waals surface area contributed by atoms with Gasteiger partial charge in [0.05, 0.1) is 28.6 Å². The Kier molecular flexibility index (Phi) is 4.62. The van der Waals surface area contributed by atoms with E-state index in [1.807, 2.05) is 19.1 Å². The number of carbonyl (C=O) groups excluding carboxylic acids is 4. The molecule has 3 aromatic carbocycles. The summed E-state index contributed by atoms with van der Waals surface area (Å²) < 4.78 is 20.0. The number of halogens is 2. The number of nitrogens with zero attached hydrogens (tertiary/aromatic N) is 1. The summed E-state index contributed by atoms with van der Waals surface area (Å²) in [4.78, 5) is 55.8. The molecule has 0 radical (unpaired) electrons. The van der Waals surface area contributed by atoms with E-state index in [9.17, 15) is 23.6 Å². The largest absolute Gasteiger partial charge is 0.349 e. The van der Waals surface area contributed by atoms with Crippen molar-refractivity contribution < 1.29 is 28.3 Å². The monoisotopic (exact) mass is 489 g/mol. The van der Waals surface area contributed by atoms with Crippen molar-refractivity contribution in [2.75, 3.05) is 4.90 Å². The first-order valence-corrected chi connectivity index (χ1v) is 11.4. The van der Waals surface area contributed by atoms with E-state index in [4.69, 9.17) is 16.3 Å². The van der Waals surface area contributed by atoms with Gasteiger partial charge in [-0.1, -0.05) is 65.7 Å². The van der Waals surface area contributed by atoms with E-state index in [0.29, 0.717) is 5.56 Å². The molecule has 174 valence electrons. The van der Waals surface area contributed by atoms with Crippen molar-refractivity contribution in [1.29, 1.82) is 0 Å². The molecule has 3 aliphatic rings. The molecule has 0 saturated carbocycles. The molecule has 6 nitrogen and oxygen atoms in total. The fourth-order valence-corrected chi connectivity index (χ4v) is 5.63. The smallest absolute Gasteiger partial charge is 0.241 e. The van der Waals surface area contributed by atoms with Gasteiger partial charge in [-0.25, -0.2) is 9.29 Å². The summed E-state index contributed by atoms with van der Waals surface area (Å²) in [5.41, 5.74) is -0.244. The molecule has 1 spiro atoms. The second-order valence-corrected chi connectivity index (χ2v) is 9.41. The lowest BCUT2D eigenvalue weighted by molar-refractivity contribution is -0.127. The van der Waals surface area contributed by atoms with Crippen LogP contribution in [0.4, 0.5) is 10.1 Å². The van der Waals surface area contributed by atoms with Gasteiger partial charge in [0, 0.05) is 11.1 Å². The number of imide groups is 1. The maximum Gasteiger partial charge on any atom is 0.241 e. The van der Waals surface area contributed by atoms with Gasteiger partial charge in [0.25, 0.3) is 0 Å². The standard InChI is InChI=1S/C27H17ClFNO5/c1-13-6-8-14(9-7-13)22-20-21(26(34)30(25(20)33)15-10-11-19(29)18(28)12-15)27(35-22)23(31)16-4-2-3-5-17(16)24(27)32/h2-12,20-22H,1H3/t20-,21+,22-/m0/s1. The molecule has 2 fully saturated rings. The zero-order valence-electron chi connectivity index (χ0n) is 18.3. The average molecular weight is 490 g/mol. The van der Waals surface area contributed by atoms with Crippen LogP contribution in [0.1, 0.15) is 37.9 Å². The first kappa shape index (κ1) is 21.8. The number of aryl methyl sites for hydroxylation is 1. The Morgan fingerprint density at radius 3 is 2.11 bits per heavy atom. The third kappa shape index (κ3) is 2.79. The molecular formula is C27H17ClFNO5. The summed E-state index contributed by atoms with van der Waals surface area (Å²) in [6.45, 7) is 1.90. The van der Waals surface area contributed by atoms with Gasteiger partial charge in [-0.05, 0) is 30.7 Å². The van der Waals surface area contributed by atoms with Gasteiger partial charge in [-0.3, -0.25) is 19.2 Å². The second kappa shape index (κ2) is 7.41. The minimum atomic E-state index is -2.16. The maximum absolute atomic E-state index is 13.8. The van der Waals surface area contributed by atoms with Gasteiger partial charge in [0.1, 0.15) is 5.82 Å². The number of hydrogen-bond donors (Lipinski definition) is 0. The van der Waals surface area contributed by atoms with Gasteiger partial charge in [0.15, 0.2) is 0 Å². The zero-order valence-corrected chi connectivity index (χ0v) is 19.1. The van der Waals surface area contributed by atoms with Gasteiger partial charge >= 0.3 is 0 Å². The molecule has 3 aromatic rings. The van der Waals surface area contributed by atoms with Crippen molar-refractivity contribution in [1.82, 2.24) is 0 Å². The highest BCUT2D eigenvalue weighted by Crippen LogP contribution is 2.57. The minimum Gasteiger partial charge on any atom is -0.349 e. The number of ketones is 2. The number of fused-ring (bicyclic) bond motifs is 3. The Balaban J connectivity index is 1.54. The van der Waals surface area contributed by atoms with Crippen molar-refractivity contribution in [2.24, 2.45) is 11.8 Å². The highest BCUT2D eigenvalue weighted by molar-refractivity contribution is 6.37. The quantitative estimate of drug-likeness (QED) is 0.391. The maximum atomic E-state index is 13.8. The molecule has 35 heavy (non-hydrogen) atoms. The van der Waals surface area contributed by atoms with Crippen LogP contribution in [0.2, 0.25) is 5.02 Å². The lowest BCUT2D eigenvalue weighted by atomic mass is 9.77. The summed E-state index contributed by atoms with van der Waals surface area (Å²) in [5, 5.41) is -0.262. The van der Waals surface area contributed by atoms with Crippen molar-refractivity contribution in [3.8, 4) is 0 Å². The Hall–Kier alpha value is -3.68. The third-order valence-corrected chi connectivity index (χ3v) is 7.38. The van der Waals surface area contributed by atoms with Gasteiger partial charge < -0.3 is 4.74 Å². The van der Waals surface area contributed by atoms with E-state index in [-0.39, 0.29) is 21.8 Å². The molecule has 0 N–H and O–H groups in total. The van der Waals surface area contributed by atoms with E-state index in [1.165, 1.54) is 24.3 Å². The van der Waals surface area contributed by atoms with Crippen LogP contribution in [0.5, 0.6) is 0 Å². The molecule has 2 aliphatic heterocycles. The zero-order chi connectivity index (χ0) is 24.6. The number of carbonyl (C=O) groups is 4. The van der Waals surface area contributed by atoms with E-state index < -0.39 is 52.7 Å². The molecule has 0 aromatic heterocycles. The number of ether oxygens (including phenoxy) is 1. The second-order valence-electron chi connectivity index (χ2n) is 9.00. The number of rotatable bonds is 2. The SMILES string of the molecule is Cc1ccc([C@@H]2OC3(C(=O)c4ccccc4C3=O)[C@H]3C(=O)N(c4ccc(F)c(Cl)c4)C(=O)[C@H]23)cc1. The number of hydrogen-bond acceptors (Lipinski definition) is 5. The minimum absolute atomic E-state index is 0.0639. The summed E-state index contributed by atoms with van der Waals surface area (Å²) in [6.07, 6.45) is -1.01. The first-order valence-electron chi connectivity index (χ1n) is 11.0. The van der Waals surface area contributed by atoms with Crippen molar-refractivity contribution in [3.05, 3.63) is 99.8 Å². The Bertz CT molecular complexity index is 1430. The van der Waals surface area contributed by atoms with E-state index in [1.54, 1.807) is 24.3 Å². The molecule has 0 unspecified atom stereocenters. The van der Waals surface area contributed by atoms with E-state index in [0.717, 1.165) is 16.5 Å². The molecular weight excluding hydrogens is 473 g/mol. The van der Waals surface area contributed by atoms with Crippen LogP contribution in [-0.4, -0.2) is 29.0 Å². The molecule has 6 rings (SSSR count). The van der Waals surface area contributed by atoms with E-state index in [2.05, 4.69) is 0 Å². The summed E-state index contributed by atoms with van der Waals surface area (Å²) in [6, 6.07) is 16.9. The molecule has 1 aliphatic carbocycles. The van der Waals surface area contributed by atoms with E-state index >= 15 is 0 Å². The predicted molar refractivity (Wildman–Crippen MR) is 124 cm³/mol. The molecule has 3 atom stereocenters. The summed E-state index contributed by atoms with van der Waals surface area (Å²) in [5.74, 6) is -5.88. The molecule has 2 amide bonds. The highest BCUT2D eigenvalue weighted by atomic mass is 35.5. The van der Waals surface area contributed by atoms with Gasteiger partial charge in [-0.2, -0.15) is 0 Å². The highest BCUT2D eigenvalue weighted by Gasteiger charge is 2.74. The van der Waals surface area contributed by atoms with Gasteiger partial charge in [-0.15, -0.1) is 0 Å². The lowest BCUT2D eigenvalue weighted by Gasteiger charge is -2.27. The van der Waals surface area contributed by atoms with Crippen molar-refractivity contribution >= 4 is 40.7 Å². The van der Waals surface area contributed by atoms with Crippen LogP contribution in [-0.2, 0) is 14.3 Å². The Morgan fingerprint density at radius 1 is 0.886 bits per heavy atom. The summed E-state index contributed by atoms with van der Waals surface area (Å²) >= 11 is 5.92. The van der Waals surface area contributed by atoms with Crippen LogP contribution >= 0.6 is 11.6 Å². The fourth-order valence-electron chi connectivity index (χ4n) is 5.45. The third-order valence-electron chi connectivity index (χ3n) is 7.09. The Labute approximate surface area is 204 Å². The van der Waals surface area contributed by atoms with Crippen LogP contribution in [0, 0.1) is 24.6 Å². The number of Topliss-reactive ketones (excluding diaryl/α,β-unsaturated/α-hetero) is 2. The summed E-state index contributed by atoms with van der Waals surface area (Å²) in [7, 11) is 0. The molecule has 0 bridgehead atoms. The number of anilines is 1. The van der Waals surface area contributed by atoms with Crippen LogP contribution in [0.25, 0.3) is 0 Å². The molecule has 8 heteroatoms. The topological polar surface area (TPSA) is 80.8 Å². The number of benzene rings is 3. The molecule has 2 saturated heterocycles. The fraction of sp³-hybridized carbons (Fsp3) is 0.185. The number of amides is 2. The first-order chi connectivity index (χ1) is 16.8. The predicted octanol–water partition coefficient (Wildman–Crippen LogP) is 4.48.